The molecule has 2 saturated heterocycles. The zero-order chi connectivity index (χ0) is 20.6. The number of ether oxygens (including phenoxy) is 3. The van der Waals surface area contributed by atoms with E-state index in [1.54, 1.807) is 11.8 Å². The Kier molecular flexibility index (Phi) is 5.69. The molecule has 29 heavy (non-hydrogen) atoms. The molecule has 0 aromatic carbocycles. The number of carboxylic acids is 1. The van der Waals surface area contributed by atoms with E-state index in [-0.39, 0.29) is 31.0 Å². The Morgan fingerprint density at radius 1 is 1.31 bits per heavy atom. The van der Waals surface area contributed by atoms with Gasteiger partial charge in [0.15, 0.2) is 12.0 Å². The number of carbonyl (C=O) groups is 1. The first-order valence-corrected chi connectivity index (χ1v) is 10.9. The number of carboxylic acid groups (broad SMARTS) is 1. The molecule has 0 amide bonds. The second kappa shape index (κ2) is 8.10. The summed E-state index contributed by atoms with van der Waals surface area (Å²) in [5, 5.41) is 9.51. The lowest BCUT2D eigenvalue weighted by atomic mass is 10.1. The molecule has 9 nitrogen and oxygen atoms in total. The Hall–Kier alpha value is -1.88. The summed E-state index contributed by atoms with van der Waals surface area (Å²) in [6.45, 7) is 3.82. The van der Waals surface area contributed by atoms with Crippen LogP contribution in [0, 0.1) is 0 Å². The van der Waals surface area contributed by atoms with Crippen molar-refractivity contribution in [3.63, 3.8) is 0 Å². The third kappa shape index (κ3) is 4.20. The first-order chi connectivity index (χ1) is 13.9. The highest BCUT2D eigenvalue weighted by atomic mass is 32.2. The van der Waals surface area contributed by atoms with E-state index in [1.807, 2.05) is 30.7 Å². The Labute approximate surface area is 172 Å². The molecule has 2 aliphatic rings. The molecule has 1 unspecified atom stereocenters. The van der Waals surface area contributed by atoms with Crippen molar-refractivity contribution in [1.82, 2.24) is 14.5 Å². The molecular weight excluding hydrogens is 396 g/mol. The van der Waals surface area contributed by atoms with Crippen LogP contribution in [0.5, 0.6) is 0 Å². The molecule has 0 bridgehead atoms. The summed E-state index contributed by atoms with van der Waals surface area (Å²) in [6.07, 6.45) is 4.17. The van der Waals surface area contributed by atoms with Gasteiger partial charge >= 0.3 is 5.97 Å². The maximum atomic E-state index is 10.6. The number of nitrogen functional groups attached to an aromatic ring is 1. The third-order valence-electron chi connectivity index (χ3n) is 5.15. The van der Waals surface area contributed by atoms with Crippen LogP contribution < -0.4 is 5.73 Å². The van der Waals surface area contributed by atoms with Crippen LogP contribution in [-0.2, 0) is 19.0 Å². The maximum Gasteiger partial charge on any atom is 0.303 e. The summed E-state index contributed by atoms with van der Waals surface area (Å²) in [6, 6.07) is 1.88. The first-order valence-electron chi connectivity index (χ1n) is 9.73. The van der Waals surface area contributed by atoms with E-state index in [9.17, 15) is 4.79 Å². The normalized spacial score (nSPS) is 28.1. The molecule has 4 heterocycles. The van der Waals surface area contributed by atoms with Gasteiger partial charge in [-0.2, -0.15) is 11.8 Å². The Morgan fingerprint density at radius 3 is 2.90 bits per heavy atom. The van der Waals surface area contributed by atoms with Crippen molar-refractivity contribution in [1.29, 1.82) is 0 Å². The van der Waals surface area contributed by atoms with Crippen LogP contribution in [0.4, 0.5) is 5.82 Å². The lowest BCUT2D eigenvalue weighted by Gasteiger charge is -2.25. The summed E-state index contributed by atoms with van der Waals surface area (Å²) in [4.78, 5) is 19.0. The highest BCUT2D eigenvalue weighted by Crippen LogP contribution is 2.44. The van der Waals surface area contributed by atoms with E-state index in [0.29, 0.717) is 17.9 Å². The van der Waals surface area contributed by atoms with Crippen molar-refractivity contribution < 1.29 is 24.1 Å². The molecule has 0 saturated carbocycles. The fourth-order valence-electron chi connectivity index (χ4n) is 3.89. The highest BCUT2D eigenvalue weighted by Gasteiger charge is 2.55. The largest absolute Gasteiger partial charge is 0.481 e. The Balaban J connectivity index is 1.46. The molecule has 2 aliphatic heterocycles. The van der Waals surface area contributed by atoms with Gasteiger partial charge in [-0.3, -0.25) is 4.79 Å². The van der Waals surface area contributed by atoms with Gasteiger partial charge in [-0.1, -0.05) is 0 Å². The van der Waals surface area contributed by atoms with Crippen molar-refractivity contribution in [2.75, 3.05) is 17.2 Å². The van der Waals surface area contributed by atoms with E-state index >= 15 is 0 Å². The molecule has 2 aromatic heterocycles. The minimum absolute atomic E-state index is 0.132. The van der Waals surface area contributed by atoms with Crippen molar-refractivity contribution in [2.24, 2.45) is 0 Å². The fraction of sp³-hybridized carbons (Fsp3) is 0.632. The van der Waals surface area contributed by atoms with Crippen LogP contribution in [0.15, 0.2) is 18.6 Å². The van der Waals surface area contributed by atoms with Gasteiger partial charge in [0.2, 0.25) is 0 Å². The topological polar surface area (TPSA) is 122 Å². The van der Waals surface area contributed by atoms with Crippen LogP contribution in [0.3, 0.4) is 0 Å². The van der Waals surface area contributed by atoms with Gasteiger partial charge in [0.1, 0.15) is 30.0 Å². The average Bonchev–Trinajstić information content (AvgIpc) is 3.30. The molecule has 0 spiro atoms. The van der Waals surface area contributed by atoms with Gasteiger partial charge in [0, 0.05) is 18.4 Å². The van der Waals surface area contributed by atoms with Crippen LogP contribution in [0.1, 0.15) is 39.3 Å². The molecule has 4 atom stereocenters. The van der Waals surface area contributed by atoms with Gasteiger partial charge in [-0.15, -0.1) is 0 Å². The average molecular weight is 423 g/mol. The molecule has 4 rings (SSSR count). The predicted octanol–water partition coefficient (Wildman–Crippen LogP) is 2.42. The van der Waals surface area contributed by atoms with Crippen LogP contribution in [-0.4, -0.2) is 61.2 Å². The van der Waals surface area contributed by atoms with Crippen molar-refractivity contribution in [3.05, 3.63) is 18.6 Å². The third-order valence-corrected chi connectivity index (χ3v) is 6.29. The monoisotopic (exact) mass is 422 g/mol. The lowest BCUT2D eigenvalue weighted by Crippen LogP contribution is -2.31. The minimum atomic E-state index is -0.748. The van der Waals surface area contributed by atoms with Crippen molar-refractivity contribution in [2.45, 2.75) is 63.4 Å². The molecule has 2 fully saturated rings. The van der Waals surface area contributed by atoms with Crippen LogP contribution >= 0.6 is 11.8 Å². The first kappa shape index (κ1) is 20.4. The molecule has 0 aliphatic carbocycles. The lowest BCUT2D eigenvalue weighted by molar-refractivity contribution is -0.193. The maximum absolute atomic E-state index is 10.6. The minimum Gasteiger partial charge on any atom is -0.481 e. The van der Waals surface area contributed by atoms with Crippen LogP contribution in [0.25, 0.3) is 11.0 Å². The Bertz CT molecular complexity index is 889. The van der Waals surface area contributed by atoms with E-state index < -0.39 is 11.8 Å². The SMILES string of the molecule is CC1(C)O[C@@H]2[C@@H](CSCCCCC(=O)O)OC(n3ccc4c(N)ncnc43)[C@@H]2O1. The number of thioether (sulfide) groups is 1. The van der Waals surface area contributed by atoms with Gasteiger partial charge in [-0.05, 0) is 38.5 Å². The fourth-order valence-corrected chi connectivity index (χ4v) is 4.97. The number of hydrogen-bond donors (Lipinski definition) is 2. The van der Waals surface area contributed by atoms with Crippen molar-refractivity contribution in [3.8, 4) is 0 Å². The van der Waals surface area contributed by atoms with E-state index in [4.69, 9.17) is 25.1 Å². The van der Waals surface area contributed by atoms with Gasteiger partial charge < -0.3 is 29.6 Å². The molecular formula is C19H26N4O5S. The second-order valence-electron chi connectivity index (χ2n) is 7.77. The highest BCUT2D eigenvalue weighted by molar-refractivity contribution is 7.99. The number of aliphatic carboxylic acids is 1. The number of fused-ring (bicyclic) bond motifs is 2. The molecule has 2 aromatic rings. The van der Waals surface area contributed by atoms with Crippen molar-refractivity contribution >= 4 is 34.6 Å². The molecule has 0 radical (unpaired) electrons. The van der Waals surface area contributed by atoms with Gasteiger partial charge in [0.25, 0.3) is 0 Å². The van der Waals surface area contributed by atoms with Crippen LogP contribution in [0.2, 0.25) is 0 Å². The Morgan fingerprint density at radius 2 is 2.10 bits per heavy atom. The predicted molar refractivity (Wildman–Crippen MR) is 108 cm³/mol. The van der Waals surface area contributed by atoms with E-state index in [1.165, 1.54) is 6.33 Å². The number of unbranched alkanes of at least 4 members (excludes halogenated alkanes) is 1. The standard InChI is InChI=1S/C19H26N4O5S/c1-19(2)27-14-12(9-29-8-4-3-5-13(24)25)26-18(15(14)28-19)23-7-6-11-16(20)21-10-22-17(11)23/h6-7,10,12,14-15,18H,3-5,8-9H2,1-2H3,(H,24,25)(H2,20,21,22)/t12-,14-,15-,18?/m1/s1. The van der Waals surface area contributed by atoms with E-state index in [2.05, 4.69) is 9.97 Å². The van der Waals surface area contributed by atoms with Gasteiger partial charge in [0.05, 0.1) is 11.5 Å². The molecule has 10 heteroatoms. The summed E-state index contributed by atoms with van der Waals surface area (Å²) in [7, 11) is 0. The molecule has 158 valence electrons. The zero-order valence-corrected chi connectivity index (χ0v) is 17.3. The summed E-state index contributed by atoms with van der Waals surface area (Å²) in [5.41, 5.74) is 6.67. The number of nitrogens with zero attached hydrogens (tertiary/aromatic N) is 3. The summed E-state index contributed by atoms with van der Waals surface area (Å²) in [5.74, 6) is 0.636. The second-order valence-corrected chi connectivity index (χ2v) is 8.92. The number of anilines is 1. The summed E-state index contributed by atoms with van der Waals surface area (Å²) < 4.78 is 20.6. The smallest absolute Gasteiger partial charge is 0.303 e. The van der Waals surface area contributed by atoms with Gasteiger partial charge in [-0.25, -0.2) is 9.97 Å². The van der Waals surface area contributed by atoms with E-state index in [0.717, 1.165) is 23.3 Å². The zero-order valence-electron chi connectivity index (χ0n) is 16.5. The number of aromatic nitrogens is 3. The number of hydrogen-bond acceptors (Lipinski definition) is 8. The number of rotatable bonds is 8. The molecule has 3 N–H and O–H groups in total. The number of nitrogens with two attached hydrogens (primary N) is 1. The quantitative estimate of drug-likeness (QED) is 0.618. The summed E-state index contributed by atoms with van der Waals surface area (Å²) >= 11 is 1.75.